The van der Waals surface area contributed by atoms with Crippen molar-refractivity contribution in [2.24, 2.45) is 21.1 Å². The van der Waals surface area contributed by atoms with Gasteiger partial charge < -0.3 is 5.73 Å². The number of aliphatic imine (C=N–C) groups is 2. The lowest BCUT2D eigenvalue weighted by Gasteiger charge is -2.16. The van der Waals surface area contributed by atoms with Gasteiger partial charge in [-0.2, -0.15) is 4.99 Å². The van der Waals surface area contributed by atoms with E-state index in [0.717, 1.165) is 5.71 Å². The highest BCUT2D eigenvalue weighted by Gasteiger charge is 2.16. The maximum atomic E-state index is 5.45. The Labute approximate surface area is 72.4 Å². The van der Waals surface area contributed by atoms with Crippen molar-refractivity contribution < 1.29 is 0 Å². The molecular weight excluding hydrogens is 150 g/mol. The zero-order valence-electron chi connectivity index (χ0n) is 7.63. The average Bonchev–Trinajstić information content (AvgIpc) is 2.11. The van der Waals surface area contributed by atoms with Crippen LogP contribution in [0.15, 0.2) is 28.1 Å². The Hall–Kier alpha value is -1.34. The topological polar surface area (TPSA) is 50.7 Å². The molecule has 1 rings (SSSR count). The predicted molar refractivity (Wildman–Crippen MR) is 51.2 cm³/mol. The van der Waals surface area contributed by atoms with E-state index in [0.29, 0.717) is 5.82 Å². The Morgan fingerprint density at radius 1 is 1.42 bits per heavy atom. The van der Waals surface area contributed by atoms with E-state index in [4.69, 9.17) is 5.73 Å². The molecule has 0 aromatic heterocycles. The minimum atomic E-state index is 0.0175. The minimum Gasteiger partial charge on any atom is -0.382 e. The van der Waals surface area contributed by atoms with Crippen LogP contribution in [-0.4, -0.2) is 11.6 Å². The first-order valence-corrected chi connectivity index (χ1v) is 3.83. The van der Waals surface area contributed by atoms with Crippen LogP contribution in [-0.2, 0) is 0 Å². The first-order valence-electron chi connectivity index (χ1n) is 3.83. The summed E-state index contributed by atoms with van der Waals surface area (Å²) < 4.78 is 0. The number of hydrogen-bond donors (Lipinski definition) is 1. The van der Waals surface area contributed by atoms with Gasteiger partial charge in [-0.05, 0) is 5.87 Å². The van der Waals surface area contributed by atoms with Crippen LogP contribution in [0.4, 0.5) is 0 Å². The monoisotopic (exact) mass is 163 g/mol. The van der Waals surface area contributed by atoms with Crippen molar-refractivity contribution in [2.45, 2.75) is 20.8 Å². The lowest BCUT2D eigenvalue weighted by atomic mass is 9.90. The lowest BCUT2D eigenvalue weighted by Crippen LogP contribution is -2.17. The van der Waals surface area contributed by atoms with E-state index in [2.05, 4.69) is 36.6 Å². The Morgan fingerprint density at radius 2 is 2.08 bits per heavy atom. The molecule has 1 aliphatic heterocycles. The standard InChI is InChI=1S/C9H13N3/c1-9(2,3)7-4-5-11-8(10)6-12-7/h4,6H,10H2,1-3H3. The third-order valence-corrected chi connectivity index (χ3v) is 1.50. The van der Waals surface area contributed by atoms with E-state index in [-0.39, 0.29) is 5.41 Å². The molecule has 0 aromatic carbocycles. The number of rotatable bonds is 0. The third kappa shape index (κ3) is 2.07. The minimum absolute atomic E-state index is 0.0175. The molecule has 0 radical (unpaired) electrons. The molecule has 0 saturated carbocycles. The molecule has 0 amide bonds. The maximum absolute atomic E-state index is 5.45. The van der Waals surface area contributed by atoms with Gasteiger partial charge in [0.25, 0.3) is 0 Å². The summed E-state index contributed by atoms with van der Waals surface area (Å²) in [4.78, 5) is 8.00. The van der Waals surface area contributed by atoms with Gasteiger partial charge >= 0.3 is 0 Å². The second-order valence-electron chi connectivity index (χ2n) is 3.70. The first kappa shape index (κ1) is 8.75. The fourth-order valence-electron chi connectivity index (χ4n) is 0.780. The summed E-state index contributed by atoms with van der Waals surface area (Å²) in [5.41, 5.74) is 6.40. The molecule has 0 aliphatic carbocycles. The van der Waals surface area contributed by atoms with Crippen molar-refractivity contribution in [3.05, 3.63) is 18.1 Å². The fraction of sp³-hybridized carbons (Fsp3) is 0.444. The van der Waals surface area contributed by atoms with Crippen LogP contribution in [0.2, 0.25) is 0 Å². The van der Waals surface area contributed by atoms with E-state index in [9.17, 15) is 0 Å². The van der Waals surface area contributed by atoms with Gasteiger partial charge in [0, 0.05) is 11.5 Å². The van der Waals surface area contributed by atoms with Crippen LogP contribution in [0.1, 0.15) is 20.8 Å². The molecular formula is C9H13N3. The summed E-state index contributed by atoms with van der Waals surface area (Å²) >= 11 is 0. The van der Waals surface area contributed by atoms with Crippen LogP contribution >= 0.6 is 0 Å². The van der Waals surface area contributed by atoms with Gasteiger partial charge in [0.15, 0.2) is 5.82 Å². The Morgan fingerprint density at radius 3 is 2.67 bits per heavy atom. The van der Waals surface area contributed by atoms with Crippen LogP contribution in [0.25, 0.3) is 0 Å². The average molecular weight is 163 g/mol. The predicted octanol–water partition coefficient (Wildman–Crippen LogP) is 1.47. The number of hydrogen-bond acceptors (Lipinski definition) is 3. The van der Waals surface area contributed by atoms with Crippen molar-refractivity contribution in [3.63, 3.8) is 0 Å². The molecule has 3 nitrogen and oxygen atoms in total. The molecule has 0 unspecified atom stereocenters. The van der Waals surface area contributed by atoms with Crippen molar-refractivity contribution in [1.82, 2.24) is 0 Å². The molecule has 3 heteroatoms. The van der Waals surface area contributed by atoms with E-state index in [1.807, 2.05) is 0 Å². The molecule has 0 aromatic rings. The first-order chi connectivity index (χ1) is 5.50. The molecule has 2 N–H and O–H groups in total. The van der Waals surface area contributed by atoms with Gasteiger partial charge in [-0.1, -0.05) is 20.8 Å². The van der Waals surface area contributed by atoms with E-state index in [1.54, 1.807) is 12.3 Å². The lowest BCUT2D eigenvalue weighted by molar-refractivity contribution is 0.594. The zero-order valence-corrected chi connectivity index (χ0v) is 7.63. The van der Waals surface area contributed by atoms with Gasteiger partial charge in [0.05, 0.1) is 11.9 Å². The van der Waals surface area contributed by atoms with Crippen molar-refractivity contribution in [3.8, 4) is 0 Å². The number of nitrogens with zero attached hydrogens (tertiary/aromatic N) is 2. The van der Waals surface area contributed by atoms with Crippen molar-refractivity contribution in [2.75, 3.05) is 0 Å². The quantitative estimate of drug-likeness (QED) is 0.577. The Balaban J connectivity index is 3.04. The fourth-order valence-corrected chi connectivity index (χ4v) is 0.780. The molecule has 0 spiro atoms. The molecule has 0 bridgehead atoms. The summed E-state index contributed by atoms with van der Waals surface area (Å²) in [6, 6.07) is 0. The van der Waals surface area contributed by atoms with Gasteiger partial charge in [-0.3, -0.25) is 4.99 Å². The summed E-state index contributed by atoms with van der Waals surface area (Å²) in [5, 5.41) is 0. The van der Waals surface area contributed by atoms with E-state index < -0.39 is 0 Å². The smallest absolute Gasteiger partial charge is 0.151 e. The molecule has 1 aliphatic rings. The third-order valence-electron chi connectivity index (χ3n) is 1.50. The Kier molecular flexibility index (Phi) is 2.15. The number of allylic oxidation sites excluding steroid dienone is 1. The van der Waals surface area contributed by atoms with Crippen molar-refractivity contribution in [1.29, 1.82) is 0 Å². The molecule has 0 saturated heterocycles. The summed E-state index contributed by atoms with van der Waals surface area (Å²) in [6.07, 6.45) is 3.31. The van der Waals surface area contributed by atoms with Crippen molar-refractivity contribution >= 4 is 11.6 Å². The summed E-state index contributed by atoms with van der Waals surface area (Å²) in [5.74, 6) is 3.12. The van der Waals surface area contributed by atoms with Crippen LogP contribution < -0.4 is 5.73 Å². The van der Waals surface area contributed by atoms with E-state index in [1.165, 1.54) is 0 Å². The zero-order chi connectivity index (χ0) is 9.19. The molecule has 0 fully saturated rings. The van der Waals surface area contributed by atoms with Crippen LogP contribution in [0.5, 0.6) is 0 Å². The number of nitrogens with two attached hydrogens (primary N) is 1. The molecule has 12 heavy (non-hydrogen) atoms. The SMILES string of the molecule is CC(C)(C)C1=NC=C(N)N=C=C1. The summed E-state index contributed by atoms with van der Waals surface area (Å²) in [6.45, 7) is 6.25. The van der Waals surface area contributed by atoms with Crippen LogP contribution in [0.3, 0.4) is 0 Å². The van der Waals surface area contributed by atoms with Gasteiger partial charge in [0.2, 0.25) is 0 Å². The van der Waals surface area contributed by atoms with E-state index >= 15 is 0 Å². The second kappa shape index (κ2) is 2.95. The summed E-state index contributed by atoms with van der Waals surface area (Å²) in [7, 11) is 0. The van der Waals surface area contributed by atoms with Gasteiger partial charge in [0.1, 0.15) is 0 Å². The normalized spacial score (nSPS) is 16.9. The highest BCUT2D eigenvalue weighted by molar-refractivity contribution is 6.05. The molecule has 0 atom stereocenters. The van der Waals surface area contributed by atoms with Gasteiger partial charge in [-0.15, -0.1) is 0 Å². The second-order valence-corrected chi connectivity index (χ2v) is 3.70. The molecule has 1 heterocycles. The van der Waals surface area contributed by atoms with Crippen LogP contribution in [0, 0.1) is 5.41 Å². The van der Waals surface area contributed by atoms with Gasteiger partial charge in [-0.25, -0.2) is 0 Å². The Bertz CT molecular complexity index is 296. The molecule has 64 valence electrons. The highest BCUT2D eigenvalue weighted by atomic mass is 14.9. The maximum Gasteiger partial charge on any atom is 0.151 e. The highest BCUT2D eigenvalue weighted by Crippen LogP contribution is 2.17. The largest absolute Gasteiger partial charge is 0.382 e.